The van der Waals surface area contributed by atoms with Crippen LogP contribution in [0.15, 0.2) is 16.8 Å². The fraction of sp³-hybridized carbons (Fsp3) is 0.500. The summed E-state index contributed by atoms with van der Waals surface area (Å²) in [7, 11) is 0. The Morgan fingerprint density at radius 1 is 1.53 bits per heavy atom. The number of carboxylic acid groups (broad SMARTS) is 1. The standard InChI is InChI=1S/C12H17NO3S/c1-8(9-4-5-17-6-9)10(14)13-7-12(2,3)11(15)16/h4-6,8H,7H2,1-3H3,(H,13,14)(H,15,16). The molecular formula is C12H17NO3S. The zero-order chi connectivity index (χ0) is 13.1. The molecule has 0 radical (unpaired) electrons. The van der Waals surface area contributed by atoms with Gasteiger partial charge in [0.2, 0.25) is 5.91 Å². The summed E-state index contributed by atoms with van der Waals surface area (Å²) in [5.74, 6) is -1.30. The van der Waals surface area contributed by atoms with E-state index in [1.807, 2.05) is 23.8 Å². The van der Waals surface area contributed by atoms with Gasteiger partial charge in [-0.05, 0) is 43.2 Å². The third kappa shape index (κ3) is 3.56. The number of nitrogens with one attached hydrogen (secondary N) is 1. The van der Waals surface area contributed by atoms with Gasteiger partial charge in [-0.3, -0.25) is 9.59 Å². The van der Waals surface area contributed by atoms with E-state index < -0.39 is 11.4 Å². The number of thiophene rings is 1. The quantitative estimate of drug-likeness (QED) is 0.846. The Labute approximate surface area is 105 Å². The summed E-state index contributed by atoms with van der Waals surface area (Å²) in [6.07, 6.45) is 0. The molecule has 1 unspecified atom stereocenters. The van der Waals surface area contributed by atoms with Gasteiger partial charge in [-0.25, -0.2) is 0 Å². The van der Waals surface area contributed by atoms with Crippen molar-refractivity contribution in [2.75, 3.05) is 6.54 Å². The Balaban J connectivity index is 2.54. The second kappa shape index (κ2) is 5.31. The maximum atomic E-state index is 11.8. The van der Waals surface area contributed by atoms with Crippen LogP contribution in [0.4, 0.5) is 0 Å². The lowest BCUT2D eigenvalue weighted by Crippen LogP contribution is -2.40. The SMILES string of the molecule is CC(C(=O)NCC(C)(C)C(=O)O)c1ccsc1. The zero-order valence-corrected chi connectivity index (χ0v) is 11.0. The second-order valence-electron chi connectivity index (χ2n) is 4.69. The minimum atomic E-state index is -0.940. The van der Waals surface area contributed by atoms with E-state index in [2.05, 4.69) is 5.32 Å². The fourth-order valence-electron chi connectivity index (χ4n) is 1.21. The number of carboxylic acids is 1. The Morgan fingerprint density at radius 3 is 2.65 bits per heavy atom. The van der Waals surface area contributed by atoms with Crippen molar-refractivity contribution < 1.29 is 14.7 Å². The van der Waals surface area contributed by atoms with E-state index in [4.69, 9.17) is 5.11 Å². The van der Waals surface area contributed by atoms with Crippen LogP contribution in [0.25, 0.3) is 0 Å². The molecule has 5 heteroatoms. The molecule has 4 nitrogen and oxygen atoms in total. The Hall–Kier alpha value is -1.36. The Morgan fingerprint density at radius 2 is 2.18 bits per heavy atom. The summed E-state index contributed by atoms with van der Waals surface area (Å²) in [6, 6.07) is 1.90. The first kappa shape index (κ1) is 13.7. The summed E-state index contributed by atoms with van der Waals surface area (Å²) in [5.41, 5.74) is 0.0185. The van der Waals surface area contributed by atoms with Crippen LogP contribution < -0.4 is 5.32 Å². The van der Waals surface area contributed by atoms with Gasteiger partial charge in [0.15, 0.2) is 0 Å². The number of rotatable bonds is 5. The average Bonchev–Trinajstić information content (AvgIpc) is 2.78. The predicted molar refractivity (Wildman–Crippen MR) is 67.2 cm³/mol. The van der Waals surface area contributed by atoms with Crippen LogP contribution in [0.3, 0.4) is 0 Å². The number of amides is 1. The number of hydrogen-bond donors (Lipinski definition) is 2. The number of carbonyl (C=O) groups is 2. The van der Waals surface area contributed by atoms with Gasteiger partial charge < -0.3 is 10.4 Å². The largest absolute Gasteiger partial charge is 0.481 e. The maximum absolute atomic E-state index is 11.8. The molecule has 0 bridgehead atoms. The minimum Gasteiger partial charge on any atom is -0.481 e. The van der Waals surface area contributed by atoms with Crippen LogP contribution in [0, 0.1) is 5.41 Å². The molecule has 0 aliphatic carbocycles. The van der Waals surface area contributed by atoms with Crippen molar-refractivity contribution in [2.45, 2.75) is 26.7 Å². The second-order valence-corrected chi connectivity index (χ2v) is 5.47. The molecule has 2 N–H and O–H groups in total. The summed E-state index contributed by atoms with van der Waals surface area (Å²) < 4.78 is 0. The molecule has 0 fully saturated rings. The molecule has 0 spiro atoms. The van der Waals surface area contributed by atoms with Gasteiger partial charge in [0.05, 0.1) is 11.3 Å². The molecule has 94 valence electrons. The van der Waals surface area contributed by atoms with Crippen LogP contribution in [0.5, 0.6) is 0 Å². The van der Waals surface area contributed by atoms with Gasteiger partial charge in [0.1, 0.15) is 0 Å². The molecule has 0 aliphatic heterocycles. The smallest absolute Gasteiger partial charge is 0.310 e. The van der Waals surface area contributed by atoms with Crippen molar-refractivity contribution >= 4 is 23.2 Å². The third-order valence-corrected chi connectivity index (χ3v) is 3.42. The molecule has 0 saturated carbocycles. The molecule has 1 aromatic rings. The highest BCUT2D eigenvalue weighted by molar-refractivity contribution is 7.08. The first-order valence-corrected chi connectivity index (χ1v) is 6.32. The average molecular weight is 255 g/mol. The summed E-state index contributed by atoms with van der Waals surface area (Å²) >= 11 is 1.54. The monoisotopic (exact) mass is 255 g/mol. The lowest BCUT2D eigenvalue weighted by atomic mass is 9.93. The summed E-state index contributed by atoms with van der Waals surface area (Å²) in [6.45, 7) is 5.12. The van der Waals surface area contributed by atoms with E-state index in [0.29, 0.717) is 0 Å². The highest BCUT2D eigenvalue weighted by Crippen LogP contribution is 2.19. The topological polar surface area (TPSA) is 66.4 Å². The van der Waals surface area contributed by atoms with Crippen LogP contribution in [0.1, 0.15) is 32.3 Å². The molecule has 1 atom stereocenters. The molecule has 17 heavy (non-hydrogen) atoms. The molecule has 1 amide bonds. The van der Waals surface area contributed by atoms with Crippen LogP contribution >= 0.6 is 11.3 Å². The van der Waals surface area contributed by atoms with Gasteiger partial charge in [-0.15, -0.1) is 0 Å². The van der Waals surface area contributed by atoms with Crippen molar-refractivity contribution in [3.05, 3.63) is 22.4 Å². The van der Waals surface area contributed by atoms with Gasteiger partial charge in [0.25, 0.3) is 0 Å². The van der Waals surface area contributed by atoms with E-state index >= 15 is 0 Å². The van der Waals surface area contributed by atoms with E-state index in [1.54, 1.807) is 13.8 Å². The molecule has 0 saturated heterocycles. The van der Waals surface area contributed by atoms with Crippen LogP contribution in [0.2, 0.25) is 0 Å². The number of carbonyl (C=O) groups excluding carboxylic acids is 1. The lowest BCUT2D eigenvalue weighted by molar-refractivity contribution is -0.146. The van der Waals surface area contributed by atoms with Gasteiger partial charge >= 0.3 is 5.97 Å². The highest BCUT2D eigenvalue weighted by atomic mass is 32.1. The molecular weight excluding hydrogens is 238 g/mol. The van der Waals surface area contributed by atoms with Crippen molar-refractivity contribution in [1.82, 2.24) is 5.32 Å². The first-order chi connectivity index (χ1) is 7.84. The van der Waals surface area contributed by atoms with Crippen molar-refractivity contribution in [3.8, 4) is 0 Å². The van der Waals surface area contributed by atoms with Crippen molar-refractivity contribution in [1.29, 1.82) is 0 Å². The molecule has 0 aromatic carbocycles. The van der Waals surface area contributed by atoms with Crippen molar-refractivity contribution in [2.24, 2.45) is 5.41 Å². The predicted octanol–water partition coefficient (Wildman–Crippen LogP) is 2.08. The van der Waals surface area contributed by atoms with E-state index in [0.717, 1.165) is 5.56 Å². The number of hydrogen-bond acceptors (Lipinski definition) is 3. The van der Waals surface area contributed by atoms with E-state index in [-0.39, 0.29) is 18.4 Å². The minimum absolute atomic E-state index is 0.135. The van der Waals surface area contributed by atoms with Crippen molar-refractivity contribution in [3.63, 3.8) is 0 Å². The molecule has 1 heterocycles. The molecule has 1 aromatic heterocycles. The number of aliphatic carboxylic acids is 1. The van der Waals surface area contributed by atoms with Gasteiger partial charge in [0, 0.05) is 6.54 Å². The van der Waals surface area contributed by atoms with Gasteiger partial charge in [-0.2, -0.15) is 11.3 Å². The zero-order valence-electron chi connectivity index (χ0n) is 10.2. The molecule has 0 aliphatic rings. The third-order valence-electron chi connectivity index (χ3n) is 2.72. The fourth-order valence-corrected chi connectivity index (χ4v) is 1.96. The van der Waals surface area contributed by atoms with Gasteiger partial charge in [-0.1, -0.05) is 0 Å². The summed E-state index contributed by atoms with van der Waals surface area (Å²) in [5, 5.41) is 15.4. The maximum Gasteiger partial charge on any atom is 0.310 e. The van der Waals surface area contributed by atoms with E-state index in [1.165, 1.54) is 11.3 Å². The highest BCUT2D eigenvalue weighted by Gasteiger charge is 2.28. The normalized spacial score (nSPS) is 13.1. The first-order valence-electron chi connectivity index (χ1n) is 5.38. The Kier molecular flexibility index (Phi) is 4.28. The lowest BCUT2D eigenvalue weighted by Gasteiger charge is -2.20. The van der Waals surface area contributed by atoms with Crippen LogP contribution in [-0.2, 0) is 9.59 Å². The Bertz CT molecular complexity index is 398. The summed E-state index contributed by atoms with van der Waals surface area (Å²) in [4.78, 5) is 22.7. The van der Waals surface area contributed by atoms with E-state index in [9.17, 15) is 9.59 Å². The molecule has 1 rings (SSSR count). The van der Waals surface area contributed by atoms with Crippen LogP contribution in [-0.4, -0.2) is 23.5 Å².